The molecule has 1 atom stereocenters. The first-order valence-electron chi connectivity index (χ1n) is 10.1. The van der Waals surface area contributed by atoms with Crippen LogP contribution in [0.25, 0.3) is 0 Å². The van der Waals surface area contributed by atoms with Crippen molar-refractivity contribution in [2.24, 2.45) is 0 Å². The van der Waals surface area contributed by atoms with Crippen molar-refractivity contribution in [3.05, 3.63) is 77.9 Å². The minimum atomic E-state index is -3.90. The van der Waals surface area contributed by atoms with E-state index in [1.807, 2.05) is 19.9 Å². The number of sulfonamides is 1. The number of benzene rings is 3. The highest BCUT2D eigenvalue weighted by atomic mass is 32.2. The lowest BCUT2D eigenvalue weighted by Gasteiger charge is -2.35. The van der Waals surface area contributed by atoms with E-state index in [4.69, 9.17) is 9.47 Å². The molecule has 32 heavy (non-hydrogen) atoms. The molecule has 8 heteroatoms. The van der Waals surface area contributed by atoms with E-state index < -0.39 is 22.0 Å². The number of anilines is 2. The third kappa shape index (κ3) is 4.27. The number of carbonyl (C=O) groups is 1. The van der Waals surface area contributed by atoms with E-state index in [1.165, 1.54) is 4.31 Å². The van der Waals surface area contributed by atoms with E-state index in [9.17, 15) is 13.2 Å². The average molecular weight is 453 g/mol. The zero-order valence-electron chi connectivity index (χ0n) is 18.0. The van der Waals surface area contributed by atoms with Gasteiger partial charge in [-0.1, -0.05) is 23.8 Å². The van der Waals surface area contributed by atoms with Crippen molar-refractivity contribution in [3.8, 4) is 11.5 Å². The minimum Gasteiger partial charge on any atom is -0.497 e. The van der Waals surface area contributed by atoms with Crippen molar-refractivity contribution in [1.82, 2.24) is 0 Å². The van der Waals surface area contributed by atoms with Gasteiger partial charge in [0.05, 0.1) is 24.2 Å². The summed E-state index contributed by atoms with van der Waals surface area (Å²) in [6, 6.07) is 18.8. The number of rotatable bonds is 5. The van der Waals surface area contributed by atoms with Gasteiger partial charge in [-0.2, -0.15) is 0 Å². The fraction of sp³-hybridized carbons (Fsp3) is 0.208. The maximum Gasteiger partial charge on any atom is 0.267 e. The number of amides is 1. The molecular formula is C24H24N2O5S. The molecule has 0 fully saturated rings. The maximum atomic E-state index is 13.5. The molecule has 0 saturated carbocycles. The first-order valence-corrected chi connectivity index (χ1v) is 11.5. The predicted octanol–water partition coefficient (Wildman–Crippen LogP) is 3.91. The van der Waals surface area contributed by atoms with Crippen LogP contribution in [0.3, 0.4) is 0 Å². The first-order chi connectivity index (χ1) is 15.3. The van der Waals surface area contributed by atoms with Crippen LogP contribution in [0.15, 0.2) is 71.6 Å². The van der Waals surface area contributed by atoms with Crippen LogP contribution in [0.2, 0.25) is 0 Å². The molecule has 7 nitrogen and oxygen atoms in total. The fourth-order valence-electron chi connectivity index (χ4n) is 3.46. The molecule has 1 aliphatic heterocycles. The van der Waals surface area contributed by atoms with E-state index in [-0.39, 0.29) is 11.4 Å². The van der Waals surface area contributed by atoms with Crippen molar-refractivity contribution in [2.45, 2.75) is 24.8 Å². The van der Waals surface area contributed by atoms with Gasteiger partial charge in [-0.25, -0.2) is 8.42 Å². The summed E-state index contributed by atoms with van der Waals surface area (Å²) in [4.78, 5) is 13.1. The van der Waals surface area contributed by atoms with Crippen LogP contribution < -0.4 is 19.1 Å². The number of ether oxygens (including phenoxy) is 2. The summed E-state index contributed by atoms with van der Waals surface area (Å²) in [6.07, 6.45) is -1.02. The molecule has 1 N–H and O–H groups in total. The van der Waals surface area contributed by atoms with Crippen LogP contribution in [0.5, 0.6) is 11.5 Å². The number of nitrogens with zero attached hydrogens (tertiary/aromatic N) is 1. The average Bonchev–Trinajstić information content (AvgIpc) is 2.78. The fourth-order valence-corrected chi connectivity index (χ4v) is 4.94. The molecular weight excluding hydrogens is 428 g/mol. The Morgan fingerprint density at radius 2 is 1.66 bits per heavy atom. The van der Waals surface area contributed by atoms with Gasteiger partial charge in [0.2, 0.25) is 0 Å². The Morgan fingerprint density at radius 1 is 1.00 bits per heavy atom. The van der Waals surface area contributed by atoms with Crippen LogP contribution in [-0.4, -0.2) is 34.1 Å². The third-order valence-electron chi connectivity index (χ3n) is 5.24. The molecule has 0 aliphatic carbocycles. The van der Waals surface area contributed by atoms with Gasteiger partial charge in [-0.05, 0) is 67.9 Å². The summed E-state index contributed by atoms with van der Waals surface area (Å²) in [7, 11) is -2.34. The first kappa shape index (κ1) is 21.7. The van der Waals surface area contributed by atoms with E-state index in [1.54, 1.807) is 67.8 Å². The van der Waals surface area contributed by atoms with Gasteiger partial charge in [0, 0.05) is 5.69 Å². The van der Waals surface area contributed by atoms with Crippen molar-refractivity contribution < 1.29 is 22.7 Å². The molecule has 0 unspecified atom stereocenters. The van der Waals surface area contributed by atoms with Crippen molar-refractivity contribution in [2.75, 3.05) is 23.3 Å². The monoisotopic (exact) mass is 452 g/mol. The number of hydrogen-bond acceptors (Lipinski definition) is 5. The molecule has 0 radical (unpaired) electrons. The summed E-state index contributed by atoms with van der Waals surface area (Å²) in [6.45, 7) is 3.63. The van der Waals surface area contributed by atoms with Gasteiger partial charge in [0.15, 0.2) is 6.10 Å². The lowest BCUT2D eigenvalue weighted by Crippen LogP contribution is -2.48. The van der Waals surface area contributed by atoms with E-state index in [0.29, 0.717) is 22.9 Å². The molecule has 1 heterocycles. The zero-order valence-corrected chi connectivity index (χ0v) is 18.8. The van der Waals surface area contributed by atoms with Gasteiger partial charge in [0.1, 0.15) is 11.5 Å². The Bertz CT molecular complexity index is 1240. The number of aryl methyl sites for hydroxylation is 2. The van der Waals surface area contributed by atoms with Crippen molar-refractivity contribution in [3.63, 3.8) is 0 Å². The molecule has 4 rings (SSSR count). The zero-order chi connectivity index (χ0) is 22.9. The molecule has 0 spiro atoms. The number of methoxy groups -OCH3 is 1. The molecule has 3 aromatic rings. The van der Waals surface area contributed by atoms with Gasteiger partial charge in [0.25, 0.3) is 15.9 Å². The Balaban J connectivity index is 1.66. The SMILES string of the molecule is COc1ccc(NC(=O)[C@H]2CN(S(=O)(=O)c3ccc(C)cc3)c3ccc(C)cc3O2)cc1. The standard InChI is InChI=1S/C24H24N2O5S/c1-16-4-11-20(12-5-16)32(28,29)26-15-23(31-22-14-17(2)6-13-21(22)26)24(27)25-18-7-9-19(30-3)10-8-18/h4-14,23H,15H2,1-3H3,(H,25,27)/t23-/m1/s1. The summed E-state index contributed by atoms with van der Waals surface area (Å²) in [5.74, 6) is 0.574. The topological polar surface area (TPSA) is 84.9 Å². The lowest BCUT2D eigenvalue weighted by atomic mass is 10.1. The summed E-state index contributed by atoms with van der Waals surface area (Å²) < 4.78 is 39.2. The Morgan fingerprint density at radius 3 is 2.31 bits per heavy atom. The Hall–Kier alpha value is -3.52. The number of nitrogens with one attached hydrogen (secondary N) is 1. The normalized spacial score (nSPS) is 15.5. The second-order valence-corrected chi connectivity index (χ2v) is 9.51. The second-order valence-electron chi connectivity index (χ2n) is 7.64. The quantitative estimate of drug-likeness (QED) is 0.635. The molecule has 1 aliphatic rings. The summed E-state index contributed by atoms with van der Waals surface area (Å²) in [5, 5.41) is 2.79. The maximum absolute atomic E-state index is 13.5. The van der Waals surface area contributed by atoms with E-state index in [0.717, 1.165) is 11.1 Å². The van der Waals surface area contributed by atoms with E-state index in [2.05, 4.69) is 5.32 Å². The third-order valence-corrected chi connectivity index (χ3v) is 7.04. The van der Waals surface area contributed by atoms with Crippen LogP contribution in [0, 0.1) is 13.8 Å². The molecule has 1 amide bonds. The van der Waals surface area contributed by atoms with Crippen LogP contribution in [0.4, 0.5) is 11.4 Å². The highest BCUT2D eigenvalue weighted by Crippen LogP contribution is 2.38. The summed E-state index contributed by atoms with van der Waals surface area (Å²) >= 11 is 0. The largest absolute Gasteiger partial charge is 0.497 e. The number of carbonyl (C=O) groups excluding carboxylic acids is 1. The number of hydrogen-bond donors (Lipinski definition) is 1. The lowest BCUT2D eigenvalue weighted by molar-refractivity contribution is -0.122. The van der Waals surface area contributed by atoms with Gasteiger partial charge >= 0.3 is 0 Å². The van der Waals surface area contributed by atoms with Gasteiger partial charge in [-0.15, -0.1) is 0 Å². The molecule has 166 valence electrons. The second kappa shape index (κ2) is 8.55. The van der Waals surface area contributed by atoms with E-state index >= 15 is 0 Å². The highest BCUT2D eigenvalue weighted by molar-refractivity contribution is 7.92. The molecule has 3 aromatic carbocycles. The molecule has 0 aromatic heterocycles. The Labute approximate surface area is 187 Å². The predicted molar refractivity (Wildman–Crippen MR) is 123 cm³/mol. The van der Waals surface area contributed by atoms with Gasteiger partial charge in [-0.3, -0.25) is 9.10 Å². The minimum absolute atomic E-state index is 0.145. The van der Waals surface area contributed by atoms with Crippen LogP contribution >= 0.6 is 0 Å². The highest BCUT2D eigenvalue weighted by Gasteiger charge is 2.37. The Kier molecular flexibility index (Phi) is 5.80. The van der Waals surface area contributed by atoms with Crippen LogP contribution in [0.1, 0.15) is 11.1 Å². The van der Waals surface area contributed by atoms with Crippen LogP contribution in [-0.2, 0) is 14.8 Å². The van der Waals surface area contributed by atoms with Crippen molar-refractivity contribution >= 4 is 27.3 Å². The van der Waals surface area contributed by atoms with Gasteiger partial charge < -0.3 is 14.8 Å². The smallest absolute Gasteiger partial charge is 0.267 e. The molecule has 0 bridgehead atoms. The number of fused-ring (bicyclic) bond motifs is 1. The molecule has 0 saturated heterocycles. The van der Waals surface area contributed by atoms with Crippen molar-refractivity contribution in [1.29, 1.82) is 0 Å². The summed E-state index contributed by atoms with van der Waals surface area (Å²) in [5.41, 5.74) is 2.82.